The lowest BCUT2D eigenvalue weighted by atomic mass is 10.1. The Balaban J connectivity index is 1.82. The fourth-order valence-corrected chi connectivity index (χ4v) is 3.18. The Morgan fingerprint density at radius 3 is 1.97 bits per heavy atom. The molecule has 0 aliphatic carbocycles. The highest BCUT2D eigenvalue weighted by molar-refractivity contribution is 5.76. The Kier molecular flexibility index (Phi) is 5.67. The second kappa shape index (κ2) is 8.36. The van der Waals surface area contributed by atoms with E-state index in [9.17, 15) is 36.2 Å². The van der Waals surface area contributed by atoms with Crippen LogP contribution < -0.4 is 4.74 Å². The third-order valence-electron chi connectivity index (χ3n) is 4.77. The number of carboxylic acid groups (broad SMARTS) is 1. The highest BCUT2D eigenvalue weighted by Gasteiger charge is 2.34. The quantitative estimate of drug-likeness (QED) is 0.372. The van der Waals surface area contributed by atoms with Gasteiger partial charge in [0.1, 0.15) is 22.5 Å². The van der Waals surface area contributed by atoms with E-state index in [1.807, 2.05) is 0 Å². The molecule has 1 unspecified atom stereocenters. The molecule has 1 heterocycles. The van der Waals surface area contributed by atoms with Crippen LogP contribution in [0.5, 0.6) is 5.75 Å². The molecule has 4 rings (SSSR count). The lowest BCUT2D eigenvalue weighted by molar-refractivity contribution is -0.146. The molecule has 0 aliphatic rings. The standard InChI is InChI=1S/C22H13F6N3O3/c23-21(24,25)13-5-3-4-12(10-13)19(20(32)33)34-18-9-8-14(22(26,27)28)11-17(18)31-29-15-6-1-2-7-16(15)30-31/h1-11,19H,(H,32,33). The van der Waals surface area contributed by atoms with E-state index in [0.717, 1.165) is 29.1 Å². The summed E-state index contributed by atoms with van der Waals surface area (Å²) in [7, 11) is 0. The average Bonchev–Trinajstić information content (AvgIpc) is 3.20. The van der Waals surface area contributed by atoms with Gasteiger partial charge in [-0.15, -0.1) is 15.0 Å². The molecule has 0 fully saturated rings. The zero-order valence-electron chi connectivity index (χ0n) is 16.8. The molecule has 3 aromatic carbocycles. The molecule has 0 radical (unpaired) electrons. The number of ether oxygens (including phenoxy) is 1. The first-order valence-corrected chi connectivity index (χ1v) is 9.54. The van der Waals surface area contributed by atoms with Crippen molar-refractivity contribution >= 4 is 17.0 Å². The number of aromatic nitrogens is 3. The molecule has 4 aromatic rings. The maximum Gasteiger partial charge on any atom is 0.416 e. The van der Waals surface area contributed by atoms with Crippen LogP contribution in [0, 0.1) is 0 Å². The van der Waals surface area contributed by atoms with Crippen LogP contribution in [0.15, 0.2) is 66.7 Å². The SMILES string of the molecule is O=C(O)C(Oc1ccc(C(F)(F)F)cc1-n1nc2ccccc2n1)c1cccc(C(F)(F)F)c1. The van der Waals surface area contributed by atoms with Gasteiger partial charge in [0.15, 0.2) is 0 Å². The molecular weight excluding hydrogens is 468 g/mol. The van der Waals surface area contributed by atoms with E-state index in [4.69, 9.17) is 4.74 Å². The lowest BCUT2D eigenvalue weighted by Gasteiger charge is -2.19. The highest BCUT2D eigenvalue weighted by Crippen LogP contribution is 2.37. The van der Waals surface area contributed by atoms with Crippen molar-refractivity contribution in [3.63, 3.8) is 0 Å². The third kappa shape index (κ3) is 4.65. The summed E-state index contributed by atoms with van der Waals surface area (Å²) in [6.07, 6.45) is -11.4. The summed E-state index contributed by atoms with van der Waals surface area (Å²) < 4.78 is 84.7. The number of aliphatic carboxylic acids is 1. The minimum atomic E-state index is -4.74. The molecule has 1 N–H and O–H groups in total. The van der Waals surface area contributed by atoms with E-state index >= 15 is 0 Å². The van der Waals surface area contributed by atoms with Crippen LogP contribution in [-0.4, -0.2) is 26.1 Å². The van der Waals surface area contributed by atoms with Crippen molar-refractivity contribution in [2.45, 2.75) is 18.5 Å². The van der Waals surface area contributed by atoms with Gasteiger partial charge in [-0.25, -0.2) is 4.79 Å². The van der Waals surface area contributed by atoms with Gasteiger partial charge >= 0.3 is 18.3 Å². The number of benzene rings is 3. The summed E-state index contributed by atoms with van der Waals surface area (Å²) in [5.74, 6) is -2.03. The van der Waals surface area contributed by atoms with E-state index in [1.54, 1.807) is 24.3 Å². The van der Waals surface area contributed by atoms with Crippen molar-refractivity contribution in [2.75, 3.05) is 0 Å². The predicted molar refractivity (Wildman–Crippen MR) is 106 cm³/mol. The van der Waals surface area contributed by atoms with Crippen molar-refractivity contribution in [3.05, 3.63) is 83.4 Å². The number of carboxylic acids is 1. The largest absolute Gasteiger partial charge is 0.478 e. The topological polar surface area (TPSA) is 77.2 Å². The molecule has 0 spiro atoms. The van der Waals surface area contributed by atoms with Crippen molar-refractivity contribution in [1.29, 1.82) is 0 Å². The van der Waals surface area contributed by atoms with Gasteiger partial charge in [-0.2, -0.15) is 26.3 Å². The number of rotatable bonds is 5. The van der Waals surface area contributed by atoms with Crippen LogP contribution in [0.2, 0.25) is 0 Å². The first-order chi connectivity index (χ1) is 15.9. The van der Waals surface area contributed by atoms with Crippen molar-refractivity contribution < 1.29 is 41.0 Å². The number of fused-ring (bicyclic) bond motifs is 1. The Morgan fingerprint density at radius 1 is 0.824 bits per heavy atom. The number of nitrogens with zero attached hydrogens (tertiary/aromatic N) is 3. The van der Waals surface area contributed by atoms with Gasteiger partial charge in [0.05, 0.1) is 11.1 Å². The van der Waals surface area contributed by atoms with E-state index < -0.39 is 35.6 Å². The zero-order chi connectivity index (χ0) is 24.7. The summed E-state index contributed by atoms with van der Waals surface area (Å²) in [6.45, 7) is 0. The molecule has 0 saturated heterocycles. The average molecular weight is 481 g/mol. The predicted octanol–water partition coefficient (Wildman–Crippen LogP) is 5.66. The summed E-state index contributed by atoms with van der Waals surface area (Å²) in [5.41, 5.74) is -2.19. The van der Waals surface area contributed by atoms with Crippen LogP contribution in [0.4, 0.5) is 26.3 Å². The van der Waals surface area contributed by atoms with E-state index in [0.29, 0.717) is 29.2 Å². The number of alkyl halides is 6. The normalized spacial score (nSPS) is 13.1. The second-order valence-corrected chi connectivity index (χ2v) is 7.12. The van der Waals surface area contributed by atoms with Crippen molar-refractivity contribution in [1.82, 2.24) is 15.0 Å². The molecule has 0 aliphatic heterocycles. The molecule has 1 aromatic heterocycles. The molecule has 12 heteroatoms. The van der Waals surface area contributed by atoms with Gasteiger partial charge in [-0.3, -0.25) is 0 Å². The first kappa shape index (κ1) is 23.1. The summed E-state index contributed by atoms with van der Waals surface area (Å²) in [5, 5.41) is 17.8. The van der Waals surface area contributed by atoms with Gasteiger partial charge in [-0.05, 0) is 42.5 Å². The van der Waals surface area contributed by atoms with E-state index in [-0.39, 0.29) is 17.0 Å². The van der Waals surface area contributed by atoms with Crippen molar-refractivity contribution in [2.24, 2.45) is 0 Å². The van der Waals surface area contributed by atoms with Crippen LogP contribution in [0.1, 0.15) is 22.8 Å². The number of halogens is 6. The molecule has 0 bridgehead atoms. The summed E-state index contributed by atoms with van der Waals surface area (Å²) >= 11 is 0. The number of carbonyl (C=O) groups is 1. The minimum Gasteiger partial charge on any atom is -0.478 e. The Hall–Kier alpha value is -4.09. The second-order valence-electron chi connectivity index (χ2n) is 7.12. The zero-order valence-corrected chi connectivity index (χ0v) is 16.8. The fraction of sp³-hybridized carbons (Fsp3) is 0.136. The maximum absolute atomic E-state index is 13.3. The van der Waals surface area contributed by atoms with Gasteiger partial charge in [0.25, 0.3) is 0 Å². The molecule has 34 heavy (non-hydrogen) atoms. The first-order valence-electron chi connectivity index (χ1n) is 9.54. The molecule has 6 nitrogen and oxygen atoms in total. The third-order valence-corrected chi connectivity index (χ3v) is 4.77. The smallest absolute Gasteiger partial charge is 0.416 e. The van der Waals surface area contributed by atoms with Gasteiger partial charge < -0.3 is 9.84 Å². The molecular formula is C22H13F6N3O3. The van der Waals surface area contributed by atoms with Crippen molar-refractivity contribution in [3.8, 4) is 11.4 Å². The van der Waals surface area contributed by atoms with Gasteiger partial charge in [-0.1, -0.05) is 24.3 Å². The molecule has 176 valence electrons. The van der Waals surface area contributed by atoms with E-state index in [1.165, 1.54) is 0 Å². The van der Waals surface area contributed by atoms with Crippen LogP contribution in [0.25, 0.3) is 16.7 Å². The number of hydrogen-bond acceptors (Lipinski definition) is 4. The highest BCUT2D eigenvalue weighted by atomic mass is 19.4. The number of hydrogen-bond donors (Lipinski definition) is 1. The molecule has 1 atom stereocenters. The van der Waals surface area contributed by atoms with Gasteiger partial charge in [0.2, 0.25) is 6.10 Å². The minimum absolute atomic E-state index is 0.343. The Morgan fingerprint density at radius 2 is 1.41 bits per heavy atom. The monoisotopic (exact) mass is 481 g/mol. The molecule has 0 saturated carbocycles. The fourth-order valence-electron chi connectivity index (χ4n) is 3.18. The van der Waals surface area contributed by atoms with Crippen LogP contribution >= 0.6 is 0 Å². The summed E-state index contributed by atoms with van der Waals surface area (Å²) in [4.78, 5) is 12.7. The summed E-state index contributed by atoms with van der Waals surface area (Å²) in [6, 6.07) is 12.1. The molecule has 0 amide bonds. The van der Waals surface area contributed by atoms with Gasteiger partial charge in [0, 0.05) is 5.56 Å². The lowest BCUT2D eigenvalue weighted by Crippen LogP contribution is -2.20. The van der Waals surface area contributed by atoms with Crippen LogP contribution in [-0.2, 0) is 17.1 Å². The maximum atomic E-state index is 13.3. The van der Waals surface area contributed by atoms with Crippen LogP contribution in [0.3, 0.4) is 0 Å². The van der Waals surface area contributed by atoms with E-state index in [2.05, 4.69) is 10.2 Å². The Labute approximate surface area is 187 Å². The Bertz CT molecular complexity index is 1330.